The summed E-state index contributed by atoms with van der Waals surface area (Å²) in [7, 11) is 0. The van der Waals surface area contributed by atoms with E-state index in [2.05, 4.69) is 10.6 Å². The minimum absolute atomic E-state index is 0.167. The quantitative estimate of drug-likeness (QED) is 0.323. The number of hydrogen-bond donors (Lipinski definition) is 5. The molecule has 9 heteroatoms. The van der Waals surface area contributed by atoms with E-state index in [0.29, 0.717) is 12.1 Å². The summed E-state index contributed by atoms with van der Waals surface area (Å²) < 4.78 is 0. The number of aliphatic hydroxyl groups excluding tert-OH is 2. The highest BCUT2D eigenvalue weighted by molar-refractivity contribution is 5.94. The molecule has 0 aliphatic heterocycles. The molecule has 0 unspecified atom stereocenters. The van der Waals surface area contributed by atoms with Gasteiger partial charge in [-0.1, -0.05) is 12.1 Å². The first kappa shape index (κ1) is 20.6. The Morgan fingerprint density at radius 3 is 1.80 bits per heavy atom. The topological polar surface area (TPSA) is 145 Å². The predicted molar refractivity (Wildman–Crippen MR) is 90.4 cm³/mol. The van der Waals surface area contributed by atoms with E-state index < -0.39 is 25.0 Å². The van der Waals surface area contributed by atoms with E-state index in [9.17, 15) is 14.4 Å². The van der Waals surface area contributed by atoms with Crippen molar-refractivity contribution in [2.24, 2.45) is 5.73 Å². The molecule has 0 aromatic heterocycles. The van der Waals surface area contributed by atoms with Crippen LogP contribution in [0.5, 0.6) is 0 Å². The highest BCUT2D eigenvalue weighted by Crippen LogP contribution is 2.07. The number of nitrogens with one attached hydrogen (secondary N) is 2. The molecule has 0 radical (unpaired) electrons. The second-order valence-corrected chi connectivity index (χ2v) is 5.21. The smallest absolute Gasteiger partial charge is 0.253 e. The van der Waals surface area contributed by atoms with Crippen LogP contribution in [0.15, 0.2) is 24.3 Å². The predicted octanol–water partition coefficient (Wildman–Crippen LogP) is -2.20. The van der Waals surface area contributed by atoms with Crippen LogP contribution in [-0.4, -0.2) is 72.2 Å². The second kappa shape index (κ2) is 11.1. The van der Waals surface area contributed by atoms with E-state index in [0.717, 1.165) is 5.56 Å². The minimum atomic E-state index is -0.624. The Kier molecular flexibility index (Phi) is 9.15. The molecule has 0 fully saturated rings. The molecular weight excluding hydrogens is 328 g/mol. The van der Waals surface area contributed by atoms with Crippen molar-refractivity contribution in [1.29, 1.82) is 0 Å². The molecule has 0 aliphatic carbocycles. The summed E-state index contributed by atoms with van der Waals surface area (Å²) >= 11 is 0. The third kappa shape index (κ3) is 7.29. The van der Waals surface area contributed by atoms with Gasteiger partial charge in [0.15, 0.2) is 0 Å². The molecule has 1 rings (SSSR count). The standard InChI is InChI=1S/C16H24N4O5/c17-9-12-1-3-13(4-2-12)16(25)20(7-5-18-14(23)10-21)8-6-19-15(24)11-22/h1-4,21-22H,5-11,17H2,(H,18,23)(H,19,24). The zero-order valence-corrected chi connectivity index (χ0v) is 13.9. The highest BCUT2D eigenvalue weighted by atomic mass is 16.3. The van der Waals surface area contributed by atoms with Crippen molar-refractivity contribution in [3.63, 3.8) is 0 Å². The van der Waals surface area contributed by atoms with Gasteiger partial charge in [-0.25, -0.2) is 0 Å². The van der Waals surface area contributed by atoms with E-state index in [1.807, 2.05) is 0 Å². The number of nitrogens with two attached hydrogens (primary N) is 1. The number of benzene rings is 1. The fourth-order valence-electron chi connectivity index (χ4n) is 2.05. The van der Waals surface area contributed by atoms with E-state index in [-0.39, 0.29) is 32.1 Å². The molecule has 6 N–H and O–H groups in total. The number of nitrogens with zero attached hydrogens (tertiary/aromatic N) is 1. The first-order valence-corrected chi connectivity index (χ1v) is 7.85. The summed E-state index contributed by atoms with van der Waals surface area (Å²) in [6.07, 6.45) is 0. The molecule has 1 aromatic rings. The largest absolute Gasteiger partial charge is 0.387 e. The minimum Gasteiger partial charge on any atom is -0.387 e. The van der Waals surface area contributed by atoms with Crippen LogP contribution in [0.3, 0.4) is 0 Å². The third-order valence-corrected chi connectivity index (χ3v) is 3.42. The molecule has 9 nitrogen and oxygen atoms in total. The average molecular weight is 352 g/mol. The molecule has 0 spiro atoms. The summed E-state index contributed by atoms with van der Waals surface area (Å²) in [5, 5.41) is 22.3. The molecule has 0 bridgehead atoms. The van der Waals surface area contributed by atoms with Gasteiger partial charge in [0.25, 0.3) is 5.91 Å². The van der Waals surface area contributed by atoms with Gasteiger partial charge in [0.2, 0.25) is 11.8 Å². The number of hydrogen-bond acceptors (Lipinski definition) is 6. The average Bonchev–Trinajstić information content (AvgIpc) is 2.65. The Balaban J connectivity index is 2.70. The monoisotopic (exact) mass is 352 g/mol. The van der Waals surface area contributed by atoms with Gasteiger partial charge >= 0.3 is 0 Å². The molecule has 25 heavy (non-hydrogen) atoms. The van der Waals surface area contributed by atoms with Crippen LogP contribution in [0.25, 0.3) is 0 Å². The molecule has 0 heterocycles. The number of carbonyl (C=O) groups is 3. The summed E-state index contributed by atoms with van der Waals surface area (Å²) in [5.41, 5.74) is 6.89. The van der Waals surface area contributed by atoms with Gasteiger partial charge in [0, 0.05) is 38.3 Å². The van der Waals surface area contributed by atoms with Crippen molar-refractivity contribution in [2.75, 3.05) is 39.4 Å². The maximum atomic E-state index is 12.6. The lowest BCUT2D eigenvalue weighted by atomic mass is 10.1. The van der Waals surface area contributed by atoms with E-state index >= 15 is 0 Å². The lowest BCUT2D eigenvalue weighted by molar-refractivity contribution is -0.124. The van der Waals surface area contributed by atoms with Crippen LogP contribution >= 0.6 is 0 Å². The molecule has 0 aliphatic rings. The van der Waals surface area contributed by atoms with Crippen molar-refractivity contribution in [1.82, 2.24) is 15.5 Å². The number of carbonyl (C=O) groups excluding carboxylic acids is 3. The molecule has 0 atom stereocenters. The van der Waals surface area contributed by atoms with Crippen LogP contribution < -0.4 is 16.4 Å². The lowest BCUT2D eigenvalue weighted by Crippen LogP contribution is -2.43. The van der Waals surface area contributed by atoms with Crippen LogP contribution in [0.2, 0.25) is 0 Å². The van der Waals surface area contributed by atoms with Crippen molar-refractivity contribution in [3.8, 4) is 0 Å². The van der Waals surface area contributed by atoms with Crippen molar-refractivity contribution < 1.29 is 24.6 Å². The Hall–Kier alpha value is -2.49. The lowest BCUT2D eigenvalue weighted by Gasteiger charge is -2.23. The zero-order chi connectivity index (χ0) is 18.7. The van der Waals surface area contributed by atoms with Crippen LogP contribution in [0.4, 0.5) is 0 Å². The van der Waals surface area contributed by atoms with Crippen molar-refractivity contribution >= 4 is 17.7 Å². The van der Waals surface area contributed by atoms with Crippen LogP contribution in [0, 0.1) is 0 Å². The van der Waals surface area contributed by atoms with E-state index in [4.69, 9.17) is 15.9 Å². The summed E-state index contributed by atoms with van der Waals surface area (Å²) in [6.45, 7) is -0.128. The fraction of sp³-hybridized carbons (Fsp3) is 0.438. The van der Waals surface area contributed by atoms with Gasteiger partial charge in [-0.15, -0.1) is 0 Å². The van der Waals surface area contributed by atoms with Crippen LogP contribution in [0.1, 0.15) is 15.9 Å². The summed E-state index contributed by atoms with van der Waals surface area (Å²) in [4.78, 5) is 36.2. The third-order valence-electron chi connectivity index (χ3n) is 3.42. The van der Waals surface area contributed by atoms with Gasteiger partial charge in [-0.3, -0.25) is 14.4 Å². The van der Waals surface area contributed by atoms with Crippen molar-refractivity contribution in [2.45, 2.75) is 6.54 Å². The second-order valence-electron chi connectivity index (χ2n) is 5.21. The number of aliphatic hydroxyl groups is 2. The van der Waals surface area contributed by atoms with E-state index in [1.165, 1.54) is 4.90 Å². The Morgan fingerprint density at radius 1 is 0.920 bits per heavy atom. The van der Waals surface area contributed by atoms with Gasteiger partial charge in [0.05, 0.1) is 0 Å². The van der Waals surface area contributed by atoms with Gasteiger partial charge in [-0.05, 0) is 17.7 Å². The summed E-state index contributed by atoms with van der Waals surface area (Å²) in [6, 6.07) is 6.84. The SMILES string of the molecule is NCc1ccc(C(=O)N(CCNC(=O)CO)CCNC(=O)CO)cc1. The van der Waals surface area contributed by atoms with Crippen LogP contribution in [-0.2, 0) is 16.1 Å². The van der Waals surface area contributed by atoms with Gasteiger partial charge in [-0.2, -0.15) is 0 Å². The van der Waals surface area contributed by atoms with Crippen molar-refractivity contribution in [3.05, 3.63) is 35.4 Å². The maximum Gasteiger partial charge on any atom is 0.253 e. The van der Waals surface area contributed by atoms with E-state index in [1.54, 1.807) is 24.3 Å². The Labute approximate surface area is 145 Å². The normalized spacial score (nSPS) is 10.2. The molecular formula is C16H24N4O5. The molecule has 0 saturated carbocycles. The Morgan fingerprint density at radius 2 is 1.40 bits per heavy atom. The number of amides is 3. The van der Waals surface area contributed by atoms with Gasteiger partial charge < -0.3 is 31.5 Å². The molecule has 1 aromatic carbocycles. The highest BCUT2D eigenvalue weighted by Gasteiger charge is 2.16. The maximum absolute atomic E-state index is 12.6. The fourth-order valence-corrected chi connectivity index (χ4v) is 2.05. The zero-order valence-electron chi connectivity index (χ0n) is 13.9. The molecule has 0 saturated heterocycles. The Bertz CT molecular complexity index is 554. The first-order chi connectivity index (χ1) is 12.0. The van der Waals surface area contributed by atoms with Gasteiger partial charge in [0.1, 0.15) is 13.2 Å². The molecule has 3 amide bonds. The number of rotatable bonds is 10. The first-order valence-electron chi connectivity index (χ1n) is 7.85. The summed E-state index contributed by atoms with van der Waals surface area (Å²) in [5.74, 6) is -1.33. The molecule has 138 valence electrons.